The molecule has 2 rings (SSSR count). The molecular weight excluding hydrogens is 334 g/mol. The summed E-state index contributed by atoms with van der Waals surface area (Å²) in [6.45, 7) is 1.59. The maximum absolute atomic E-state index is 11.0. The molecule has 11 heteroatoms. The van der Waals surface area contributed by atoms with Crippen molar-refractivity contribution in [2.75, 3.05) is 5.43 Å². The van der Waals surface area contributed by atoms with E-state index in [0.29, 0.717) is 11.1 Å². The van der Waals surface area contributed by atoms with Gasteiger partial charge in [-0.05, 0) is 13.0 Å². The van der Waals surface area contributed by atoms with Gasteiger partial charge in [-0.2, -0.15) is 5.10 Å². The number of hydrogen-bond acceptors (Lipinski definition) is 8. The number of anilines is 1. The monoisotopic (exact) mass is 345 g/mol. The van der Waals surface area contributed by atoms with Gasteiger partial charge in [0, 0.05) is 23.3 Å². The van der Waals surface area contributed by atoms with Crippen LogP contribution in [0.25, 0.3) is 0 Å². The van der Waals surface area contributed by atoms with E-state index in [2.05, 4.69) is 10.5 Å². The summed E-state index contributed by atoms with van der Waals surface area (Å²) in [5.74, 6) is 0. The molecule has 2 aromatic carbocycles. The van der Waals surface area contributed by atoms with Crippen LogP contribution in [0.1, 0.15) is 11.1 Å². The Kier molecular flexibility index (Phi) is 4.98. The van der Waals surface area contributed by atoms with Crippen molar-refractivity contribution in [2.45, 2.75) is 6.92 Å². The topological polar surface area (TPSA) is 154 Å². The molecule has 0 atom stereocenters. The van der Waals surface area contributed by atoms with E-state index >= 15 is 0 Å². The smallest absolute Gasteiger partial charge is 0.272 e. The first-order chi connectivity index (χ1) is 11.8. The van der Waals surface area contributed by atoms with Gasteiger partial charge in [-0.3, -0.25) is 35.8 Å². The van der Waals surface area contributed by atoms with Crippen molar-refractivity contribution in [1.82, 2.24) is 0 Å². The molecule has 25 heavy (non-hydrogen) atoms. The van der Waals surface area contributed by atoms with Gasteiger partial charge in [0.05, 0.1) is 27.1 Å². The minimum atomic E-state index is -0.776. The molecule has 0 aliphatic heterocycles. The van der Waals surface area contributed by atoms with Crippen molar-refractivity contribution in [3.05, 3.63) is 77.9 Å². The molecule has 0 bridgehead atoms. The summed E-state index contributed by atoms with van der Waals surface area (Å²) in [5.41, 5.74) is 2.25. The molecule has 0 heterocycles. The molecule has 2 aromatic rings. The fourth-order valence-corrected chi connectivity index (χ4v) is 1.96. The third-order valence-corrected chi connectivity index (χ3v) is 3.22. The molecule has 0 aromatic heterocycles. The standard InChI is InChI=1S/C14H11N5O6/c1-9-2-3-10(6-13(9)18(22)23)8-15-16-12-5-4-11(17(20)21)7-14(12)19(24)25/h2-8,16H,1H3/b15-8-. The average molecular weight is 345 g/mol. The van der Waals surface area contributed by atoms with Crippen molar-refractivity contribution in [2.24, 2.45) is 5.10 Å². The zero-order valence-corrected chi connectivity index (χ0v) is 12.8. The molecule has 0 fully saturated rings. The Morgan fingerprint density at radius 2 is 1.60 bits per heavy atom. The third kappa shape index (κ3) is 4.10. The molecule has 0 radical (unpaired) electrons. The molecule has 11 nitrogen and oxygen atoms in total. The van der Waals surface area contributed by atoms with Crippen LogP contribution < -0.4 is 5.43 Å². The van der Waals surface area contributed by atoms with E-state index < -0.39 is 26.1 Å². The quantitative estimate of drug-likeness (QED) is 0.479. The molecule has 1 N–H and O–H groups in total. The van der Waals surface area contributed by atoms with Crippen LogP contribution in [0.4, 0.5) is 22.7 Å². The molecule has 0 unspecified atom stereocenters. The summed E-state index contributed by atoms with van der Waals surface area (Å²) < 4.78 is 0. The summed E-state index contributed by atoms with van der Waals surface area (Å²) in [6, 6.07) is 7.53. The second kappa shape index (κ2) is 7.12. The van der Waals surface area contributed by atoms with Crippen LogP contribution in [0.5, 0.6) is 0 Å². The lowest BCUT2D eigenvalue weighted by molar-refractivity contribution is -0.393. The van der Waals surface area contributed by atoms with Gasteiger partial charge in [0.25, 0.3) is 11.4 Å². The van der Waals surface area contributed by atoms with Crippen molar-refractivity contribution >= 4 is 29.0 Å². The number of aryl methyl sites for hydroxylation is 1. The zero-order valence-electron chi connectivity index (χ0n) is 12.8. The Balaban J connectivity index is 2.25. The number of rotatable bonds is 6. The molecule has 0 spiro atoms. The Morgan fingerprint density at radius 3 is 2.20 bits per heavy atom. The third-order valence-electron chi connectivity index (χ3n) is 3.22. The highest BCUT2D eigenvalue weighted by molar-refractivity contribution is 5.82. The minimum Gasteiger partial charge on any atom is -0.272 e. The number of non-ortho nitro benzene ring substituents is 1. The fraction of sp³-hybridized carbons (Fsp3) is 0.0714. The van der Waals surface area contributed by atoms with Gasteiger partial charge in [-0.15, -0.1) is 0 Å². The minimum absolute atomic E-state index is 0.0477. The van der Waals surface area contributed by atoms with Gasteiger partial charge in [0.1, 0.15) is 5.69 Å². The number of nitrogens with zero attached hydrogens (tertiary/aromatic N) is 4. The molecule has 0 aliphatic rings. The van der Waals surface area contributed by atoms with Crippen LogP contribution in [0.2, 0.25) is 0 Å². The van der Waals surface area contributed by atoms with Crippen LogP contribution in [-0.4, -0.2) is 21.0 Å². The number of nitrogens with one attached hydrogen (secondary N) is 1. The first-order valence-corrected chi connectivity index (χ1v) is 6.76. The fourth-order valence-electron chi connectivity index (χ4n) is 1.96. The predicted molar refractivity (Wildman–Crippen MR) is 88.8 cm³/mol. The highest BCUT2D eigenvalue weighted by atomic mass is 16.6. The SMILES string of the molecule is Cc1ccc(/C=N\Nc2ccc([N+](=O)[O-])cc2[N+](=O)[O-])cc1[N+](=O)[O-]. The number of hydrogen-bond donors (Lipinski definition) is 1. The Labute approximate surface area is 140 Å². The van der Waals surface area contributed by atoms with E-state index in [9.17, 15) is 30.3 Å². The van der Waals surface area contributed by atoms with Gasteiger partial charge < -0.3 is 0 Å². The van der Waals surface area contributed by atoms with Gasteiger partial charge in [0.2, 0.25) is 0 Å². The number of hydrazone groups is 1. The molecule has 0 amide bonds. The second-order valence-corrected chi connectivity index (χ2v) is 4.89. The van der Waals surface area contributed by atoms with Crippen LogP contribution in [0.15, 0.2) is 41.5 Å². The lowest BCUT2D eigenvalue weighted by Crippen LogP contribution is -1.99. The van der Waals surface area contributed by atoms with E-state index in [4.69, 9.17) is 0 Å². The maximum atomic E-state index is 11.0. The maximum Gasteiger partial charge on any atom is 0.301 e. The largest absolute Gasteiger partial charge is 0.301 e. The van der Waals surface area contributed by atoms with E-state index in [-0.39, 0.29) is 11.4 Å². The first-order valence-electron chi connectivity index (χ1n) is 6.76. The summed E-state index contributed by atoms with van der Waals surface area (Å²) in [4.78, 5) is 30.5. The normalized spacial score (nSPS) is 10.6. The van der Waals surface area contributed by atoms with Gasteiger partial charge in [-0.1, -0.05) is 12.1 Å². The summed E-state index contributed by atoms with van der Waals surface area (Å²) >= 11 is 0. The number of nitro groups is 3. The van der Waals surface area contributed by atoms with E-state index in [0.717, 1.165) is 18.2 Å². The number of benzene rings is 2. The number of nitro benzene ring substituents is 3. The lowest BCUT2D eigenvalue weighted by Gasteiger charge is -2.02. The van der Waals surface area contributed by atoms with Crippen molar-refractivity contribution in [3.8, 4) is 0 Å². The highest BCUT2D eigenvalue weighted by Gasteiger charge is 2.19. The van der Waals surface area contributed by atoms with E-state index in [1.54, 1.807) is 19.1 Å². The van der Waals surface area contributed by atoms with Crippen molar-refractivity contribution < 1.29 is 14.8 Å². The average Bonchev–Trinajstić information content (AvgIpc) is 2.55. The van der Waals surface area contributed by atoms with Gasteiger partial charge >= 0.3 is 5.69 Å². The Morgan fingerprint density at radius 1 is 0.920 bits per heavy atom. The van der Waals surface area contributed by atoms with Crippen LogP contribution in [-0.2, 0) is 0 Å². The second-order valence-electron chi connectivity index (χ2n) is 4.89. The van der Waals surface area contributed by atoms with E-state index in [1.165, 1.54) is 12.3 Å². The molecule has 0 aliphatic carbocycles. The molecule has 0 saturated carbocycles. The zero-order chi connectivity index (χ0) is 18.6. The molecular formula is C14H11N5O6. The van der Waals surface area contributed by atoms with Crippen LogP contribution in [0.3, 0.4) is 0 Å². The van der Waals surface area contributed by atoms with Crippen LogP contribution >= 0.6 is 0 Å². The van der Waals surface area contributed by atoms with Crippen molar-refractivity contribution in [1.29, 1.82) is 0 Å². The van der Waals surface area contributed by atoms with Crippen LogP contribution in [0, 0.1) is 37.3 Å². The molecule has 128 valence electrons. The summed E-state index contributed by atoms with van der Waals surface area (Å²) in [6.07, 6.45) is 1.25. The summed E-state index contributed by atoms with van der Waals surface area (Å²) in [5, 5.41) is 36.4. The summed E-state index contributed by atoms with van der Waals surface area (Å²) in [7, 11) is 0. The first kappa shape index (κ1) is 17.5. The Bertz CT molecular complexity index is 895. The van der Waals surface area contributed by atoms with Gasteiger partial charge in [-0.25, -0.2) is 0 Å². The predicted octanol–water partition coefficient (Wildman–Crippen LogP) is 3.17. The Hall–Kier alpha value is -3.89. The van der Waals surface area contributed by atoms with E-state index in [1.807, 2.05) is 0 Å². The van der Waals surface area contributed by atoms with Crippen molar-refractivity contribution in [3.63, 3.8) is 0 Å². The van der Waals surface area contributed by atoms with Gasteiger partial charge in [0.15, 0.2) is 0 Å². The highest BCUT2D eigenvalue weighted by Crippen LogP contribution is 2.28. The molecule has 0 saturated heterocycles. The lowest BCUT2D eigenvalue weighted by atomic mass is 10.1.